The molecule has 0 heterocycles. The summed E-state index contributed by atoms with van der Waals surface area (Å²) in [7, 11) is 2.56. The zero-order chi connectivity index (χ0) is 8.15. The van der Waals surface area contributed by atoms with Gasteiger partial charge in [0.1, 0.15) is 0 Å². The van der Waals surface area contributed by atoms with Gasteiger partial charge in [0.05, 0.1) is 0 Å². The average Bonchev–Trinajstić information content (AvgIpc) is 1.90. The Kier molecular flexibility index (Phi) is 4.14. The van der Waals surface area contributed by atoms with Crippen molar-refractivity contribution in [1.29, 1.82) is 0 Å². The highest BCUT2D eigenvalue weighted by atomic mass is 19.1. The third kappa shape index (κ3) is 2.41. The lowest BCUT2D eigenvalue weighted by Gasteiger charge is -2.14. The van der Waals surface area contributed by atoms with E-state index in [-0.39, 0.29) is 0 Å². The summed E-state index contributed by atoms with van der Waals surface area (Å²) in [5.41, 5.74) is 0. The molecule has 0 aromatic rings. The Morgan fingerprint density at radius 1 is 1.40 bits per heavy atom. The molecule has 1 unspecified atom stereocenters. The Labute approximate surface area is 59.1 Å². The summed E-state index contributed by atoms with van der Waals surface area (Å²) in [5, 5.41) is 0. The fraction of sp³-hybridized carbons (Fsp3) is 0.833. The fourth-order valence-corrected chi connectivity index (χ4v) is 0.527. The van der Waals surface area contributed by atoms with Crippen molar-refractivity contribution in [3.63, 3.8) is 0 Å². The SMILES string of the molecule is COC(OC)C(F)C(C)=O. The van der Waals surface area contributed by atoms with Gasteiger partial charge < -0.3 is 9.47 Å². The Balaban J connectivity index is 3.88. The third-order valence-corrected chi connectivity index (χ3v) is 1.09. The second-order valence-corrected chi connectivity index (χ2v) is 1.85. The van der Waals surface area contributed by atoms with Crippen LogP contribution >= 0.6 is 0 Å². The molecule has 0 saturated carbocycles. The predicted molar refractivity (Wildman–Crippen MR) is 33.4 cm³/mol. The van der Waals surface area contributed by atoms with Crippen LogP contribution in [0, 0.1) is 0 Å². The van der Waals surface area contributed by atoms with E-state index in [0.717, 1.165) is 6.92 Å². The lowest BCUT2D eigenvalue weighted by atomic mass is 10.3. The average molecular weight is 150 g/mol. The summed E-state index contributed by atoms with van der Waals surface area (Å²) in [4.78, 5) is 10.4. The number of halogens is 1. The van der Waals surface area contributed by atoms with Crippen LogP contribution in [0.2, 0.25) is 0 Å². The molecule has 0 fully saturated rings. The molecule has 3 nitrogen and oxygen atoms in total. The fourth-order valence-electron chi connectivity index (χ4n) is 0.527. The van der Waals surface area contributed by atoms with Crippen molar-refractivity contribution in [2.45, 2.75) is 19.4 Å². The van der Waals surface area contributed by atoms with E-state index < -0.39 is 18.2 Å². The Morgan fingerprint density at radius 2 is 1.80 bits per heavy atom. The molecule has 0 aliphatic rings. The molecule has 0 aliphatic carbocycles. The van der Waals surface area contributed by atoms with Crippen LogP contribution in [-0.2, 0) is 14.3 Å². The second-order valence-electron chi connectivity index (χ2n) is 1.85. The summed E-state index contributed by atoms with van der Waals surface area (Å²) in [6.07, 6.45) is -2.76. The predicted octanol–water partition coefficient (Wildman–Crippen LogP) is 0.532. The highest BCUT2D eigenvalue weighted by Crippen LogP contribution is 2.04. The molecular weight excluding hydrogens is 139 g/mol. The van der Waals surface area contributed by atoms with Crippen molar-refractivity contribution in [2.24, 2.45) is 0 Å². The van der Waals surface area contributed by atoms with Gasteiger partial charge in [0.25, 0.3) is 0 Å². The van der Waals surface area contributed by atoms with Crippen LogP contribution in [0.4, 0.5) is 4.39 Å². The minimum atomic E-state index is -1.69. The molecule has 0 spiro atoms. The minimum Gasteiger partial charge on any atom is -0.353 e. The maximum Gasteiger partial charge on any atom is 0.208 e. The topological polar surface area (TPSA) is 35.5 Å². The number of ether oxygens (including phenoxy) is 2. The number of carbonyl (C=O) groups is 1. The van der Waals surface area contributed by atoms with E-state index in [1.807, 2.05) is 0 Å². The number of rotatable bonds is 4. The van der Waals surface area contributed by atoms with Gasteiger partial charge in [-0.2, -0.15) is 0 Å². The van der Waals surface area contributed by atoms with Gasteiger partial charge in [-0.15, -0.1) is 0 Å². The smallest absolute Gasteiger partial charge is 0.208 e. The number of ketones is 1. The van der Waals surface area contributed by atoms with Crippen molar-refractivity contribution < 1.29 is 18.7 Å². The molecule has 60 valence electrons. The monoisotopic (exact) mass is 150 g/mol. The Bertz CT molecular complexity index is 112. The van der Waals surface area contributed by atoms with E-state index in [4.69, 9.17) is 0 Å². The molecule has 0 N–H and O–H groups in total. The normalized spacial score (nSPS) is 13.7. The number of hydrogen-bond donors (Lipinski definition) is 0. The maximum absolute atomic E-state index is 12.6. The van der Waals surface area contributed by atoms with Gasteiger partial charge in [0.2, 0.25) is 6.17 Å². The van der Waals surface area contributed by atoms with Gasteiger partial charge in [-0.05, 0) is 6.92 Å². The lowest BCUT2D eigenvalue weighted by Crippen LogP contribution is -2.31. The quantitative estimate of drug-likeness (QED) is 0.548. The van der Waals surface area contributed by atoms with Crippen LogP contribution in [0.15, 0.2) is 0 Å². The molecule has 0 saturated heterocycles. The molecule has 1 atom stereocenters. The molecular formula is C6H11FO3. The van der Waals surface area contributed by atoms with Crippen molar-refractivity contribution in [2.75, 3.05) is 14.2 Å². The van der Waals surface area contributed by atoms with Crippen LogP contribution in [0.25, 0.3) is 0 Å². The molecule has 0 aromatic heterocycles. The zero-order valence-corrected chi connectivity index (χ0v) is 6.26. The molecule has 0 aliphatic heterocycles. The van der Waals surface area contributed by atoms with Crippen molar-refractivity contribution in [3.8, 4) is 0 Å². The molecule has 0 rings (SSSR count). The van der Waals surface area contributed by atoms with Gasteiger partial charge in [-0.25, -0.2) is 4.39 Å². The van der Waals surface area contributed by atoms with E-state index in [9.17, 15) is 9.18 Å². The summed E-state index contributed by atoms with van der Waals surface area (Å²) in [6, 6.07) is 0. The van der Waals surface area contributed by atoms with Crippen LogP contribution in [0.1, 0.15) is 6.92 Å². The zero-order valence-electron chi connectivity index (χ0n) is 6.26. The molecule has 10 heavy (non-hydrogen) atoms. The maximum atomic E-state index is 12.6. The van der Waals surface area contributed by atoms with Crippen molar-refractivity contribution >= 4 is 5.78 Å². The lowest BCUT2D eigenvalue weighted by molar-refractivity contribution is -0.158. The van der Waals surface area contributed by atoms with E-state index in [0.29, 0.717) is 0 Å². The van der Waals surface area contributed by atoms with Gasteiger partial charge in [-0.3, -0.25) is 4.79 Å². The molecule has 0 bridgehead atoms. The largest absolute Gasteiger partial charge is 0.353 e. The van der Waals surface area contributed by atoms with Crippen LogP contribution in [0.5, 0.6) is 0 Å². The highest BCUT2D eigenvalue weighted by molar-refractivity contribution is 5.80. The third-order valence-electron chi connectivity index (χ3n) is 1.09. The number of hydrogen-bond acceptors (Lipinski definition) is 3. The van der Waals surface area contributed by atoms with Crippen LogP contribution in [0.3, 0.4) is 0 Å². The van der Waals surface area contributed by atoms with E-state index in [1.165, 1.54) is 14.2 Å². The minimum absolute atomic E-state index is 0.589. The first-order chi connectivity index (χ1) is 4.63. The summed E-state index contributed by atoms with van der Waals surface area (Å²) >= 11 is 0. The molecule has 4 heteroatoms. The second kappa shape index (κ2) is 4.35. The van der Waals surface area contributed by atoms with Crippen molar-refractivity contribution in [3.05, 3.63) is 0 Å². The first-order valence-corrected chi connectivity index (χ1v) is 2.83. The summed E-state index contributed by atoms with van der Waals surface area (Å²) < 4.78 is 21.6. The number of methoxy groups -OCH3 is 2. The standard InChI is InChI=1S/C6H11FO3/c1-4(8)5(7)6(9-2)10-3/h5-6H,1-3H3. The van der Waals surface area contributed by atoms with E-state index in [1.54, 1.807) is 0 Å². The molecule has 0 radical (unpaired) electrons. The number of Topliss-reactive ketones (excluding diaryl/α,β-unsaturated/α-hetero) is 1. The van der Waals surface area contributed by atoms with Gasteiger partial charge in [-0.1, -0.05) is 0 Å². The van der Waals surface area contributed by atoms with Gasteiger partial charge >= 0.3 is 0 Å². The number of carbonyl (C=O) groups excluding carboxylic acids is 1. The van der Waals surface area contributed by atoms with Gasteiger partial charge in [0, 0.05) is 14.2 Å². The molecule has 0 aromatic carbocycles. The first-order valence-electron chi connectivity index (χ1n) is 2.83. The van der Waals surface area contributed by atoms with Crippen molar-refractivity contribution in [1.82, 2.24) is 0 Å². The van der Waals surface area contributed by atoms with Crippen LogP contribution in [-0.4, -0.2) is 32.5 Å². The number of alkyl halides is 1. The Morgan fingerprint density at radius 3 is 1.90 bits per heavy atom. The molecule has 0 amide bonds. The van der Waals surface area contributed by atoms with Crippen LogP contribution < -0.4 is 0 Å². The first kappa shape index (κ1) is 9.52. The Hall–Kier alpha value is -0.480. The summed E-state index contributed by atoms with van der Waals surface area (Å²) in [6.45, 7) is 1.15. The van der Waals surface area contributed by atoms with Gasteiger partial charge in [0.15, 0.2) is 12.1 Å². The summed E-state index contributed by atoms with van der Waals surface area (Å²) in [5.74, 6) is -0.589. The highest BCUT2D eigenvalue weighted by Gasteiger charge is 2.24. The van der Waals surface area contributed by atoms with E-state index >= 15 is 0 Å². The van der Waals surface area contributed by atoms with E-state index in [2.05, 4.69) is 9.47 Å².